The predicted octanol–water partition coefficient (Wildman–Crippen LogP) is 8.57. The summed E-state index contributed by atoms with van der Waals surface area (Å²) >= 11 is 0. The number of fused-ring (bicyclic) bond motifs is 7. The molecule has 4 atom stereocenters. The smallest absolute Gasteiger partial charge is 0.414 e. The van der Waals surface area contributed by atoms with Crippen molar-refractivity contribution in [2.45, 2.75) is 116 Å². The summed E-state index contributed by atoms with van der Waals surface area (Å²) in [6.45, 7) is 6.08. The summed E-state index contributed by atoms with van der Waals surface area (Å²) < 4.78 is 30.0. The van der Waals surface area contributed by atoms with Crippen LogP contribution in [0.5, 0.6) is 23.0 Å². The summed E-state index contributed by atoms with van der Waals surface area (Å²) in [5.74, 6) is -1.46. The van der Waals surface area contributed by atoms with E-state index in [0.29, 0.717) is 109 Å². The van der Waals surface area contributed by atoms with E-state index in [9.17, 15) is 33.6 Å². The minimum Gasteiger partial charge on any atom is -0.493 e. The van der Waals surface area contributed by atoms with Crippen LogP contribution in [0.15, 0.2) is 102 Å². The first kappa shape index (κ1) is 57.7. The molecule has 20 heteroatoms. The fourth-order valence-corrected chi connectivity index (χ4v) is 10.6. The van der Waals surface area contributed by atoms with Gasteiger partial charge in [-0.1, -0.05) is 68.4 Å². The summed E-state index contributed by atoms with van der Waals surface area (Å²) in [4.78, 5) is 102. The average Bonchev–Trinajstić information content (AvgIpc) is 3.87. The van der Waals surface area contributed by atoms with Crippen molar-refractivity contribution in [3.63, 3.8) is 0 Å². The molecule has 0 spiro atoms. The van der Waals surface area contributed by atoms with Gasteiger partial charge in [-0.25, -0.2) is 4.79 Å². The maximum Gasteiger partial charge on any atom is 0.414 e. The molecule has 0 aliphatic carbocycles. The van der Waals surface area contributed by atoms with E-state index in [1.54, 1.807) is 79.3 Å². The minimum absolute atomic E-state index is 0.0497. The molecule has 0 saturated carbocycles. The zero-order valence-corrected chi connectivity index (χ0v) is 46.7. The van der Waals surface area contributed by atoms with Crippen molar-refractivity contribution in [3.05, 3.63) is 130 Å². The maximum atomic E-state index is 14.6. The van der Waals surface area contributed by atoms with Crippen molar-refractivity contribution >= 4 is 70.6 Å². The lowest BCUT2D eigenvalue weighted by molar-refractivity contribution is -0.137. The average molecular weight is 1120 g/mol. The molecule has 9 rings (SSSR count). The number of aliphatic carboxylic acids is 1. The van der Waals surface area contributed by atoms with Crippen LogP contribution in [-0.4, -0.2) is 116 Å². The van der Waals surface area contributed by atoms with Crippen molar-refractivity contribution in [1.82, 2.24) is 15.5 Å². The van der Waals surface area contributed by atoms with Gasteiger partial charge in [0.2, 0.25) is 17.7 Å². The number of benzene rings is 5. The molecule has 4 heterocycles. The Morgan fingerprint density at radius 2 is 1.34 bits per heavy atom. The number of methoxy groups -OCH3 is 2. The van der Waals surface area contributed by atoms with Gasteiger partial charge in [0.15, 0.2) is 23.0 Å². The second kappa shape index (κ2) is 26.1. The summed E-state index contributed by atoms with van der Waals surface area (Å²) in [7, 11) is 3.04. The Morgan fingerprint density at radius 1 is 0.683 bits per heavy atom. The molecule has 20 nitrogen and oxygen atoms in total. The fraction of sp³-hybridized carbons (Fsp3) is 0.387. The molecule has 0 aromatic heterocycles. The van der Waals surface area contributed by atoms with E-state index in [4.69, 9.17) is 33.8 Å². The number of hydrogen-bond donors (Lipinski definition) is 4. The monoisotopic (exact) mass is 1120 g/mol. The van der Waals surface area contributed by atoms with Crippen LogP contribution in [0.2, 0.25) is 0 Å². The summed E-state index contributed by atoms with van der Waals surface area (Å²) in [6.07, 6.45) is 5.11. The molecule has 0 saturated heterocycles. The Hall–Kier alpha value is -8.94. The second-order valence-corrected chi connectivity index (χ2v) is 21.2. The first-order chi connectivity index (χ1) is 39.6. The highest BCUT2D eigenvalue weighted by Crippen LogP contribution is 2.43. The number of carboxylic acid groups (broad SMARTS) is 1. The summed E-state index contributed by atoms with van der Waals surface area (Å²) in [5.41, 5.74) is 6.68. The van der Waals surface area contributed by atoms with Crippen LogP contribution in [0.3, 0.4) is 0 Å². The zero-order valence-electron chi connectivity index (χ0n) is 46.7. The highest BCUT2D eigenvalue weighted by Gasteiger charge is 2.41. The van der Waals surface area contributed by atoms with Crippen molar-refractivity contribution in [3.8, 4) is 23.0 Å². The lowest BCUT2D eigenvalue weighted by Crippen LogP contribution is -2.53. The van der Waals surface area contributed by atoms with Gasteiger partial charge in [0.1, 0.15) is 18.7 Å². The number of nitrogens with zero attached hydrogens (tertiary/aromatic N) is 4. The van der Waals surface area contributed by atoms with Crippen molar-refractivity contribution < 1.29 is 62.4 Å². The molecule has 4 aliphatic heterocycles. The lowest BCUT2D eigenvalue weighted by Gasteiger charge is -2.36. The molecule has 82 heavy (non-hydrogen) atoms. The SMILES string of the molecule is COc1cc2c(cc1OCCCCCOc1cc3c(cc1OC)C(=O)N1Cc4ccccc4C[C@H]1CN3C(=O)OCc1ccc(NC(=O)[C@H](C)NC(=O)[C@@H](NC(=O)CCCCC(=O)O)C(C)C)cc1)N=C[C@@H]1Cc3ccccc3N1C2=O. The molecule has 5 aromatic rings. The molecular weight excluding hydrogens is 1050 g/mol. The molecule has 6 amide bonds. The van der Waals surface area contributed by atoms with Crippen LogP contribution < -0.4 is 44.7 Å². The molecule has 0 unspecified atom stereocenters. The van der Waals surface area contributed by atoms with E-state index in [-0.39, 0.29) is 67.3 Å². The van der Waals surface area contributed by atoms with Crippen molar-refractivity contribution in [2.24, 2.45) is 10.9 Å². The van der Waals surface area contributed by atoms with Gasteiger partial charge in [-0.05, 0) is 104 Å². The van der Waals surface area contributed by atoms with Gasteiger partial charge in [-0.2, -0.15) is 0 Å². The number of carboxylic acids is 1. The third-order valence-electron chi connectivity index (χ3n) is 15.1. The Labute approximate surface area is 476 Å². The van der Waals surface area contributed by atoms with Gasteiger partial charge in [0, 0.05) is 55.5 Å². The molecule has 4 N–H and O–H groups in total. The standard InChI is InChI=1S/C62H69N7O13/c1-37(2)57(66-55(70)19-11-12-20-56(71)72)59(74)64-38(3)58(73)65-43-23-21-39(22-24-43)36-82-62(77)68-35-45-27-40-15-7-8-17-42(40)34-67(45)60(75)47-30-52(79-5)54(32-50(47)68)81-26-14-6-13-25-80-53-31-48-46(29-51(53)78-4)61(76)69-44(33-63-48)28-41-16-9-10-18-49(41)69/h7-10,15-18,21-24,29-33,37-38,44-45,57H,6,11-14,19-20,25-28,34-36H2,1-5H3,(H,64,74)(H,65,73)(H,66,70)(H,71,72)/t38-,44-,45-,57-/m0/s1. The van der Waals surface area contributed by atoms with Gasteiger partial charge >= 0.3 is 12.1 Å². The number of unbranched alkanes of at least 4 members (excludes halogenated alkanes) is 3. The highest BCUT2D eigenvalue weighted by atomic mass is 16.6. The largest absolute Gasteiger partial charge is 0.493 e. The number of amides is 6. The number of para-hydroxylation sites is 1. The quantitative estimate of drug-likeness (QED) is 0.0449. The van der Waals surface area contributed by atoms with Gasteiger partial charge in [-0.15, -0.1) is 0 Å². The van der Waals surface area contributed by atoms with E-state index in [1.807, 2.05) is 54.7 Å². The van der Waals surface area contributed by atoms with E-state index < -0.39 is 36.0 Å². The van der Waals surface area contributed by atoms with E-state index in [0.717, 1.165) is 28.8 Å². The summed E-state index contributed by atoms with van der Waals surface area (Å²) in [6, 6.07) is 26.8. The van der Waals surface area contributed by atoms with Crippen LogP contribution in [0, 0.1) is 5.92 Å². The Morgan fingerprint density at radius 3 is 2.04 bits per heavy atom. The molecule has 430 valence electrons. The number of carbonyl (C=O) groups excluding carboxylic acids is 6. The molecule has 0 radical (unpaired) electrons. The fourth-order valence-electron chi connectivity index (χ4n) is 10.6. The zero-order chi connectivity index (χ0) is 58.0. The van der Waals surface area contributed by atoms with Crippen molar-refractivity contribution in [1.29, 1.82) is 0 Å². The number of rotatable bonds is 23. The van der Waals surface area contributed by atoms with E-state index in [1.165, 1.54) is 18.9 Å². The summed E-state index contributed by atoms with van der Waals surface area (Å²) in [5, 5.41) is 17.0. The van der Waals surface area contributed by atoms with Gasteiger partial charge in [-0.3, -0.25) is 43.6 Å². The Bertz CT molecular complexity index is 3250. The molecule has 4 aliphatic rings. The second-order valence-electron chi connectivity index (χ2n) is 21.2. The van der Waals surface area contributed by atoms with Crippen LogP contribution in [0.25, 0.3) is 0 Å². The minimum atomic E-state index is -0.969. The number of hydrogen-bond acceptors (Lipinski definition) is 13. The third kappa shape index (κ3) is 13.3. The molecule has 5 aromatic carbocycles. The number of ether oxygens (including phenoxy) is 5. The molecule has 0 bridgehead atoms. The van der Waals surface area contributed by atoms with Gasteiger partial charge in [0.05, 0.1) is 68.6 Å². The van der Waals surface area contributed by atoms with E-state index >= 15 is 0 Å². The van der Waals surface area contributed by atoms with Crippen LogP contribution in [0.4, 0.5) is 27.5 Å². The first-order valence-electron chi connectivity index (χ1n) is 27.8. The normalized spacial score (nSPS) is 16.4. The highest BCUT2D eigenvalue weighted by molar-refractivity contribution is 6.15. The van der Waals surface area contributed by atoms with E-state index in [2.05, 4.69) is 16.0 Å². The first-order valence-corrected chi connectivity index (χ1v) is 27.8. The lowest BCUT2D eigenvalue weighted by atomic mass is 9.93. The predicted molar refractivity (Wildman–Crippen MR) is 307 cm³/mol. The third-order valence-corrected chi connectivity index (χ3v) is 15.1. The van der Waals surface area contributed by atoms with Crippen molar-refractivity contribution in [2.75, 3.05) is 49.1 Å². The number of anilines is 3. The number of carbonyl (C=O) groups is 7. The molecule has 0 fully saturated rings. The molecular formula is C62H69N7O13. The van der Waals surface area contributed by atoms with Crippen LogP contribution >= 0.6 is 0 Å². The van der Waals surface area contributed by atoms with Gasteiger partial charge in [0.25, 0.3) is 11.8 Å². The maximum absolute atomic E-state index is 14.6. The Kier molecular flexibility index (Phi) is 18.4. The number of aliphatic imine (C=N–C) groups is 1. The van der Waals surface area contributed by atoms with Crippen LogP contribution in [0.1, 0.15) is 109 Å². The number of nitrogens with one attached hydrogen (secondary N) is 3. The van der Waals surface area contributed by atoms with Gasteiger partial charge < -0.3 is 49.6 Å². The topological polar surface area (TPSA) is 244 Å². The van der Waals surface area contributed by atoms with Crippen LogP contribution in [-0.2, 0) is 49.9 Å². The Balaban J connectivity index is 0.809.